The summed E-state index contributed by atoms with van der Waals surface area (Å²) in [5.41, 5.74) is 3.76. The van der Waals surface area contributed by atoms with Crippen molar-refractivity contribution >= 4 is 50.2 Å². The minimum atomic E-state index is -4.24. The molecule has 4 fully saturated rings. The van der Waals surface area contributed by atoms with Gasteiger partial charge in [0, 0.05) is 56.9 Å². The fourth-order valence-electron chi connectivity index (χ4n) is 10.3. The van der Waals surface area contributed by atoms with Crippen molar-refractivity contribution in [3.63, 3.8) is 0 Å². The summed E-state index contributed by atoms with van der Waals surface area (Å²) in [6, 6.07) is 21.5. The maximum atomic E-state index is 15.2. The average molecular weight is 946 g/mol. The summed E-state index contributed by atoms with van der Waals surface area (Å²) in [4.78, 5) is 62.2. The number of nitrogens with zero attached hydrogens (tertiary/aromatic N) is 7. The third kappa shape index (κ3) is 8.91. The summed E-state index contributed by atoms with van der Waals surface area (Å²) < 4.78 is 65.2. The number of ether oxygens (including phenoxy) is 1. The van der Waals surface area contributed by atoms with E-state index in [1.807, 2.05) is 30.3 Å². The maximum absolute atomic E-state index is 15.2. The second-order valence-corrected chi connectivity index (χ2v) is 20.0. The standard InChI is InChI=1S/C49H49F2N9O7S/c50-34-17-22-58(28-34)68(65,66)55-43-10-8-41(51)46(40(43)25-52)67-37-6-9-42-39(24-37)49(64)60(29-53-42)36-4-2-35(3-5-36)57-20-13-30(14-21-57)26-56-18-15-31(16-19-56)32-1-7-38-33(23-32)27-59(48(38)63)44-11-12-45(61)54-47(44)62/h1-10,23-24,29-31,34,44,55H,11-22,26-28H2,(H,54,61,62)/t34-,44+/m1/s1. The second kappa shape index (κ2) is 18.4. The molecular formula is C49H49F2N9O7S. The average Bonchev–Trinajstić information content (AvgIpc) is 3.93. The van der Waals surface area contributed by atoms with Crippen molar-refractivity contribution in [1.82, 2.24) is 29.0 Å². The Hall–Kier alpha value is -6.75. The Labute approximate surface area is 391 Å². The molecule has 0 bridgehead atoms. The predicted octanol–water partition coefficient (Wildman–Crippen LogP) is 5.75. The van der Waals surface area contributed by atoms with Crippen molar-refractivity contribution in [2.24, 2.45) is 5.92 Å². The van der Waals surface area contributed by atoms with E-state index in [0.717, 1.165) is 86.1 Å². The van der Waals surface area contributed by atoms with Crippen molar-refractivity contribution in [3.05, 3.63) is 118 Å². The molecule has 3 amide bonds. The first-order valence-corrected chi connectivity index (χ1v) is 24.4. The van der Waals surface area contributed by atoms with Gasteiger partial charge in [0.1, 0.15) is 35.9 Å². The van der Waals surface area contributed by atoms with Crippen molar-refractivity contribution in [1.29, 1.82) is 5.26 Å². The van der Waals surface area contributed by atoms with Crippen LogP contribution < -0.4 is 25.2 Å². The van der Waals surface area contributed by atoms with Gasteiger partial charge in [0.25, 0.3) is 11.5 Å². The number of likely N-dealkylation sites (tertiary alicyclic amines) is 1. The number of aromatic nitrogens is 2. The number of benzene rings is 4. The first-order chi connectivity index (χ1) is 32.8. The molecule has 4 saturated heterocycles. The Kier molecular flexibility index (Phi) is 12.2. The molecule has 352 valence electrons. The molecule has 19 heteroatoms. The molecule has 2 N–H and O–H groups in total. The maximum Gasteiger partial charge on any atom is 0.301 e. The molecule has 5 aliphatic heterocycles. The van der Waals surface area contributed by atoms with Gasteiger partial charge >= 0.3 is 10.2 Å². The summed E-state index contributed by atoms with van der Waals surface area (Å²) in [5.74, 6) is -1.32. The molecule has 0 aliphatic carbocycles. The quantitative estimate of drug-likeness (QED) is 0.154. The monoisotopic (exact) mass is 945 g/mol. The molecule has 16 nitrogen and oxygen atoms in total. The van der Waals surface area contributed by atoms with E-state index < -0.39 is 51.0 Å². The molecule has 0 unspecified atom stereocenters. The van der Waals surface area contributed by atoms with Crippen LogP contribution in [0.4, 0.5) is 20.2 Å². The zero-order valence-corrected chi connectivity index (χ0v) is 37.9. The van der Waals surface area contributed by atoms with Gasteiger partial charge in [-0.05, 0) is 135 Å². The van der Waals surface area contributed by atoms with Crippen LogP contribution in [0.25, 0.3) is 16.6 Å². The Morgan fingerprint density at radius 2 is 1.63 bits per heavy atom. The van der Waals surface area contributed by atoms with Crippen molar-refractivity contribution < 1.29 is 36.3 Å². The van der Waals surface area contributed by atoms with Crippen LogP contribution in [0.1, 0.15) is 77.9 Å². The highest BCUT2D eigenvalue weighted by atomic mass is 32.2. The number of fused-ring (bicyclic) bond motifs is 2. The molecule has 0 saturated carbocycles. The third-order valence-corrected chi connectivity index (χ3v) is 15.6. The number of halogens is 2. The Bertz CT molecular complexity index is 3040. The highest BCUT2D eigenvalue weighted by molar-refractivity contribution is 7.90. The number of imide groups is 1. The van der Waals surface area contributed by atoms with E-state index in [-0.39, 0.29) is 54.6 Å². The van der Waals surface area contributed by atoms with Gasteiger partial charge in [-0.1, -0.05) is 12.1 Å². The van der Waals surface area contributed by atoms with Crippen molar-refractivity contribution in [3.8, 4) is 23.3 Å². The summed E-state index contributed by atoms with van der Waals surface area (Å²) in [6.45, 7) is 4.89. The number of carbonyl (C=O) groups is 3. The van der Waals surface area contributed by atoms with Crippen LogP contribution in [0, 0.1) is 23.1 Å². The first kappa shape index (κ1) is 45.1. The molecule has 1 aromatic heterocycles. The van der Waals surface area contributed by atoms with E-state index >= 15 is 4.39 Å². The summed E-state index contributed by atoms with van der Waals surface area (Å²) in [5, 5.41) is 12.5. The Balaban J connectivity index is 0.733. The molecule has 0 spiro atoms. The van der Waals surface area contributed by atoms with Gasteiger partial charge in [0.2, 0.25) is 11.8 Å². The third-order valence-electron chi connectivity index (χ3n) is 14.1. The van der Waals surface area contributed by atoms with Crippen LogP contribution in [-0.2, 0) is 26.3 Å². The fraction of sp³-hybridized carbons (Fsp3) is 0.388. The number of alkyl halides is 1. The Morgan fingerprint density at radius 3 is 2.35 bits per heavy atom. The number of hydrogen-bond donors (Lipinski definition) is 2. The van der Waals surface area contributed by atoms with E-state index in [4.69, 9.17) is 4.74 Å². The van der Waals surface area contributed by atoms with Crippen molar-refractivity contribution in [2.45, 2.75) is 69.6 Å². The lowest BCUT2D eigenvalue weighted by molar-refractivity contribution is -0.136. The van der Waals surface area contributed by atoms with E-state index in [0.29, 0.717) is 41.6 Å². The SMILES string of the molecule is N#Cc1c(NS(=O)(=O)N2CC[C@@H](F)C2)ccc(F)c1Oc1ccc2ncn(-c3ccc(N4CCC(CN5CCC(c6ccc7c(c6)CN([C@H]6CCC(=O)NC6=O)C7=O)CC5)CC4)cc3)c(=O)c2c1. The van der Waals surface area contributed by atoms with E-state index in [1.165, 1.54) is 34.7 Å². The van der Waals surface area contributed by atoms with Crippen LogP contribution in [0.3, 0.4) is 0 Å². The van der Waals surface area contributed by atoms with Gasteiger partial charge in [-0.15, -0.1) is 0 Å². The zero-order valence-electron chi connectivity index (χ0n) is 37.1. The van der Waals surface area contributed by atoms with Crippen LogP contribution in [0.15, 0.2) is 83.9 Å². The highest BCUT2D eigenvalue weighted by Gasteiger charge is 2.40. The van der Waals surface area contributed by atoms with Gasteiger partial charge in [0.05, 0.1) is 22.3 Å². The lowest BCUT2D eigenvalue weighted by Gasteiger charge is -2.38. The van der Waals surface area contributed by atoms with Crippen LogP contribution in [0.2, 0.25) is 0 Å². The van der Waals surface area contributed by atoms with Gasteiger partial charge in [-0.25, -0.2) is 13.8 Å². The topological polar surface area (TPSA) is 190 Å². The van der Waals surface area contributed by atoms with Crippen LogP contribution in [0.5, 0.6) is 11.5 Å². The first-order valence-electron chi connectivity index (χ1n) is 23.0. The van der Waals surface area contributed by atoms with E-state index in [2.05, 4.69) is 37.0 Å². The molecule has 0 radical (unpaired) electrons. The summed E-state index contributed by atoms with van der Waals surface area (Å²) in [7, 11) is -4.24. The minimum Gasteiger partial charge on any atom is -0.453 e. The van der Waals surface area contributed by atoms with Gasteiger partial charge < -0.3 is 19.4 Å². The van der Waals surface area contributed by atoms with Gasteiger partial charge in [0.15, 0.2) is 11.6 Å². The molecule has 68 heavy (non-hydrogen) atoms. The van der Waals surface area contributed by atoms with Crippen molar-refractivity contribution in [2.75, 3.05) is 55.4 Å². The number of piperidine rings is 3. The number of nitrogens with one attached hydrogen (secondary N) is 2. The lowest BCUT2D eigenvalue weighted by Crippen LogP contribution is -2.52. The van der Waals surface area contributed by atoms with E-state index in [1.54, 1.807) is 11.0 Å². The molecule has 10 rings (SSSR count). The largest absolute Gasteiger partial charge is 0.453 e. The Morgan fingerprint density at radius 1 is 0.868 bits per heavy atom. The smallest absolute Gasteiger partial charge is 0.301 e. The number of amides is 3. The second-order valence-electron chi connectivity index (χ2n) is 18.3. The number of hydrogen-bond acceptors (Lipinski definition) is 11. The summed E-state index contributed by atoms with van der Waals surface area (Å²) in [6.07, 6.45) is 4.95. The molecule has 2 atom stereocenters. The molecule has 6 heterocycles. The summed E-state index contributed by atoms with van der Waals surface area (Å²) >= 11 is 0. The predicted molar refractivity (Wildman–Crippen MR) is 248 cm³/mol. The number of rotatable bonds is 11. The minimum absolute atomic E-state index is 0.0185. The van der Waals surface area contributed by atoms with E-state index in [9.17, 15) is 37.2 Å². The van der Waals surface area contributed by atoms with Gasteiger partial charge in [-0.2, -0.15) is 18.0 Å². The number of anilines is 2. The number of carbonyl (C=O) groups excluding carboxylic acids is 3. The van der Waals surface area contributed by atoms with Crippen LogP contribution in [-0.4, -0.2) is 108 Å². The fourth-order valence-corrected chi connectivity index (χ4v) is 11.6. The molecule has 5 aliphatic rings. The molecular weight excluding hydrogens is 897 g/mol. The van der Waals surface area contributed by atoms with Gasteiger partial charge in [-0.3, -0.25) is 33.8 Å². The normalized spacial score (nSPS) is 21.0. The number of nitriles is 1. The van der Waals surface area contributed by atoms with Crippen LogP contribution >= 0.6 is 0 Å². The highest BCUT2D eigenvalue weighted by Crippen LogP contribution is 2.37. The zero-order chi connectivity index (χ0) is 47.3. The lowest BCUT2D eigenvalue weighted by atomic mass is 9.87. The molecule has 4 aromatic carbocycles. The molecule has 5 aromatic rings.